The molecule has 20 heavy (non-hydrogen) atoms. The fraction of sp³-hybridized carbons (Fsp3) is 0.462. The van der Waals surface area contributed by atoms with Crippen LogP contribution in [0.1, 0.15) is 36.2 Å². The zero-order valence-electron chi connectivity index (χ0n) is 11.6. The molecule has 2 N–H and O–H groups in total. The topological polar surface area (TPSA) is 86.5 Å². The van der Waals surface area contributed by atoms with E-state index in [9.17, 15) is 17.6 Å². The Bertz CT molecular complexity index is 611. The molecule has 0 radical (unpaired) electrons. The number of rotatable bonds is 5. The van der Waals surface area contributed by atoms with Crippen LogP contribution >= 0.6 is 0 Å². The van der Waals surface area contributed by atoms with Gasteiger partial charge in [0.25, 0.3) is 0 Å². The summed E-state index contributed by atoms with van der Waals surface area (Å²) in [6.07, 6.45) is 0.669. The van der Waals surface area contributed by atoms with Crippen molar-refractivity contribution in [2.45, 2.75) is 32.1 Å². The Balaban J connectivity index is 3.07. The molecule has 0 spiro atoms. The summed E-state index contributed by atoms with van der Waals surface area (Å²) in [6, 6.07) is 1.73. The molecule has 7 heteroatoms. The minimum Gasteiger partial charge on any atom is -0.462 e. The quantitative estimate of drug-likeness (QED) is 0.843. The zero-order valence-corrected chi connectivity index (χ0v) is 12.5. The lowest BCUT2D eigenvalue weighted by atomic mass is 10.1. The highest BCUT2D eigenvalue weighted by Gasteiger charge is 2.21. The van der Waals surface area contributed by atoms with E-state index in [-0.39, 0.29) is 17.7 Å². The molecule has 0 unspecified atom stereocenters. The van der Waals surface area contributed by atoms with Crippen molar-refractivity contribution in [2.24, 2.45) is 11.1 Å². The van der Waals surface area contributed by atoms with Gasteiger partial charge in [-0.3, -0.25) is 0 Å². The molecule has 0 aromatic heterocycles. The minimum atomic E-state index is -4.09. The first-order valence-corrected chi connectivity index (χ1v) is 7.67. The van der Waals surface area contributed by atoms with Gasteiger partial charge in [-0.25, -0.2) is 22.7 Å². The molecular formula is C13H18FNO4S. The average Bonchev–Trinajstić information content (AvgIpc) is 2.29. The summed E-state index contributed by atoms with van der Waals surface area (Å²) in [5.74, 6) is -1.25. The van der Waals surface area contributed by atoms with E-state index in [2.05, 4.69) is 0 Å². The summed E-state index contributed by atoms with van der Waals surface area (Å²) >= 11 is 0. The SMILES string of the molecule is Cc1c(C(=O)OCCC(C)C)cc(F)cc1S(N)(=O)=O. The van der Waals surface area contributed by atoms with Crippen molar-refractivity contribution in [3.63, 3.8) is 0 Å². The summed E-state index contributed by atoms with van der Waals surface area (Å²) in [5, 5.41) is 4.99. The van der Waals surface area contributed by atoms with E-state index >= 15 is 0 Å². The molecule has 1 aromatic rings. The van der Waals surface area contributed by atoms with Gasteiger partial charge in [0.05, 0.1) is 17.1 Å². The van der Waals surface area contributed by atoms with Gasteiger partial charge >= 0.3 is 5.97 Å². The molecule has 1 rings (SSSR count). The van der Waals surface area contributed by atoms with Crippen LogP contribution in [0, 0.1) is 18.7 Å². The van der Waals surface area contributed by atoms with Crippen molar-refractivity contribution in [3.05, 3.63) is 29.1 Å². The number of nitrogens with two attached hydrogens (primary N) is 1. The van der Waals surface area contributed by atoms with Crippen LogP contribution in [-0.2, 0) is 14.8 Å². The smallest absolute Gasteiger partial charge is 0.338 e. The first kappa shape index (κ1) is 16.6. The Morgan fingerprint density at radius 2 is 2.00 bits per heavy atom. The number of halogens is 1. The Hall–Kier alpha value is -1.47. The van der Waals surface area contributed by atoms with Gasteiger partial charge in [0.15, 0.2) is 0 Å². The van der Waals surface area contributed by atoms with Crippen LogP contribution in [0.5, 0.6) is 0 Å². The fourth-order valence-corrected chi connectivity index (χ4v) is 2.44. The number of esters is 1. The Morgan fingerprint density at radius 1 is 1.40 bits per heavy atom. The van der Waals surface area contributed by atoms with Crippen LogP contribution in [0.15, 0.2) is 17.0 Å². The van der Waals surface area contributed by atoms with Crippen molar-refractivity contribution >= 4 is 16.0 Å². The Labute approximate surface area is 118 Å². The van der Waals surface area contributed by atoms with E-state index in [1.165, 1.54) is 6.92 Å². The van der Waals surface area contributed by atoms with Crippen LogP contribution < -0.4 is 5.14 Å². The summed E-state index contributed by atoms with van der Waals surface area (Å²) in [6.45, 7) is 5.52. The summed E-state index contributed by atoms with van der Waals surface area (Å²) in [7, 11) is -4.09. The van der Waals surface area contributed by atoms with Gasteiger partial charge in [0, 0.05) is 0 Å². The van der Waals surface area contributed by atoms with Crippen LogP contribution in [0.2, 0.25) is 0 Å². The highest BCUT2D eigenvalue weighted by molar-refractivity contribution is 7.89. The van der Waals surface area contributed by atoms with Gasteiger partial charge in [-0.2, -0.15) is 0 Å². The molecule has 0 aliphatic carbocycles. The summed E-state index contributed by atoms with van der Waals surface area (Å²) < 4.78 is 41.1. The lowest BCUT2D eigenvalue weighted by Crippen LogP contribution is -2.17. The number of primary sulfonamides is 1. The third kappa shape index (κ3) is 4.28. The predicted octanol–water partition coefficient (Wildman–Crippen LogP) is 1.98. The number of hydrogen-bond donors (Lipinski definition) is 1. The lowest BCUT2D eigenvalue weighted by Gasteiger charge is -2.11. The maximum absolute atomic E-state index is 13.4. The molecule has 0 heterocycles. The zero-order chi connectivity index (χ0) is 15.5. The number of carbonyl (C=O) groups is 1. The monoisotopic (exact) mass is 303 g/mol. The Kier molecular flexibility index (Phi) is 5.24. The van der Waals surface area contributed by atoms with E-state index in [4.69, 9.17) is 9.88 Å². The molecule has 0 bridgehead atoms. The van der Waals surface area contributed by atoms with Crippen LogP contribution in [-0.4, -0.2) is 21.0 Å². The van der Waals surface area contributed by atoms with Gasteiger partial charge < -0.3 is 4.74 Å². The largest absolute Gasteiger partial charge is 0.462 e. The third-order valence-corrected chi connectivity index (χ3v) is 3.82. The second kappa shape index (κ2) is 6.32. The van der Waals surface area contributed by atoms with Gasteiger partial charge in [0.2, 0.25) is 10.0 Å². The lowest BCUT2D eigenvalue weighted by molar-refractivity contribution is 0.0486. The maximum Gasteiger partial charge on any atom is 0.338 e. The normalized spacial score (nSPS) is 11.7. The number of ether oxygens (including phenoxy) is 1. The second-order valence-electron chi connectivity index (χ2n) is 4.94. The Morgan fingerprint density at radius 3 is 2.50 bits per heavy atom. The van der Waals surface area contributed by atoms with Crippen molar-refractivity contribution in [1.29, 1.82) is 0 Å². The highest BCUT2D eigenvalue weighted by Crippen LogP contribution is 2.21. The first-order chi connectivity index (χ1) is 9.12. The van der Waals surface area contributed by atoms with Gasteiger partial charge in [0.1, 0.15) is 5.82 Å². The standard InChI is InChI=1S/C13H18FNO4S/c1-8(2)4-5-19-13(16)11-6-10(14)7-12(9(11)3)20(15,17)18/h6-8H,4-5H2,1-3H3,(H2,15,17,18). The molecule has 112 valence electrons. The first-order valence-electron chi connectivity index (χ1n) is 6.13. The van der Waals surface area contributed by atoms with Crippen molar-refractivity contribution < 1.29 is 22.3 Å². The number of carbonyl (C=O) groups excluding carboxylic acids is 1. The van der Waals surface area contributed by atoms with E-state index in [1.807, 2.05) is 13.8 Å². The number of sulfonamides is 1. The van der Waals surface area contributed by atoms with Crippen molar-refractivity contribution in [3.8, 4) is 0 Å². The van der Waals surface area contributed by atoms with E-state index < -0.39 is 26.7 Å². The molecule has 1 aromatic carbocycles. The van der Waals surface area contributed by atoms with E-state index in [0.717, 1.165) is 12.1 Å². The second-order valence-corrected chi connectivity index (χ2v) is 6.47. The van der Waals surface area contributed by atoms with Gasteiger partial charge in [-0.15, -0.1) is 0 Å². The minimum absolute atomic E-state index is 0.0865. The molecule has 0 fully saturated rings. The van der Waals surface area contributed by atoms with Crippen molar-refractivity contribution in [2.75, 3.05) is 6.61 Å². The molecule has 0 saturated carbocycles. The van der Waals surface area contributed by atoms with Gasteiger partial charge in [-0.1, -0.05) is 13.8 Å². The van der Waals surface area contributed by atoms with E-state index in [1.54, 1.807) is 0 Å². The van der Waals surface area contributed by atoms with Crippen LogP contribution in [0.3, 0.4) is 0 Å². The van der Waals surface area contributed by atoms with Crippen molar-refractivity contribution in [1.82, 2.24) is 0 Å². The summed E-state index contributed by atoms with van der Waals surface area (Å²) in [5.41, 5.74) is -0.0405. The number of hydrogen-bond acceptors (Lipinski definition) is 4. The highest BCUT2D eigenvalue weighted by atomic mass is 32.2. The van der Waals surface area contributed by atoms with E-state index in [0.29, 0.717) is 12.3 Å². The predicted molar refractivity (Wildman–Crippen MR) is 72.2 cm³/mol. The maximum atomic E-state index is 13.4. The molecular weight excluding hydrogens is 285 g/mol. The third-order valence-electron chi connectivity index (χ3n) is 2.78. The van der Waals surface area contributed by atoms with Crippen LogP contribution in [0.4, 0.5) is 4.39 Å². The number of benzene rings is 1. The van der Waals surface area contributed by atoms with Gasteiger partial charge in [-0.05, 0) is 37.0 Å². The summed E-state index contributed by atoms with van der Waals surface area (Å²) in [4.78, 5) is 11.4. The average molecular weight is 303 g/mol. The molecule has 0 aliphatic heterocycles. The fourth-order valence-electron chi connectivity index (χ4n) is 1.63. The molecule has 0 amide bonds. The van der Waals surface area contributed by atoms with Crippen LogP contribution in [0.25, 0.3) is 0 Å². The molecule has 0 saturated heterocycles. The molecule has 0 aliphatic rings. The molecule has 0 atom stereocenters. The molecule has 5 nitrogen and oxygen atoms in total.